The summed E-state index contributed by atoms with van der Waals surface area (Å²) in [6.07, 6.45) is -5.25. The van der Waals surface area contributed by atoms with Crippen molar-refractivity contribution in [2.45, 2.75) is 110 Å². The van der Waals surface area contributed by atoms with Crippen molar-refractivity contribution in [3.8, 4) is 0 Å². The summed E-state index contributed by atoms with van der Waals surface area (Å²) in [6.45, 7) is 12.9. The molecule has 12 heteroatoms. The molecule has 1 saturated heterocycles. The van der Waals surface area contributed by atoms with Crippen LogP contribution in [0.1, 0.15) is 79.1 Å². The van der Waals surface area contributed by atoms with E-state index in [2.05, 4.69) is 0 Å². The van der Waals surface area contributed by atoms with Crippen molar-refractivity contribution < 1.29 is 49.1 Å². The lowest BCUT2D eigenvalue weighted by Crippen LogP contribution is -2.75. The minimum atomic E-state index is -1.69. The Labute approximate surface area is 277 Å². The Hall–Kier alpha value is -2.61. The van der Waals surface area contributed by atoms with Gasteiger partial charge in [-0.3, -0.25) is 9.59 Å². The first kappa shape index (κ1) is 35.7. The van der Waals surface area contributed by atoms with E-state index in [1.54, 1.807) is 72.2 Å². The van der Waals surface area contributed by atoms with Gasteiger partial charge < -0.3 is 34.7 Å². The van der Waals surface area contributed by atoms with Crippen molar-refractivity contribution in [1.29, 1.82) is 0 Å². The number of ether oxygens (including phenoxy) is 3. The first-order chi connectivity index (χ1) is 22.0. The molecule has 4 aliphatic rings. The summed E-state index contributed by atoms with van der Waals surface area (Å²) >= 11 is 0. The maximum Gasteiger partial charge on any atom is 0.335 e. The summed E-state index contributed by atoms with van der Waals surface area (Å²) in [6, 6.07) is 8.85. The Morgan fingerprint density at radius 1 is 1.15 bits per heavy atom. The smallest absolute Gasteiger partial charge is 0.335 e. The van der Waals surface area contributed by atoms with Crippen molar-refractivity contribution in [1.82, 2.24) is 5.48 Å². The summed E-state index contributed by atoms with van der Waals surface area (Å²) in [5, 5.41) is 45.5. The maximum absolute atomic E-state index is 14.7. The second-order valence-corrected chi connectivity index (χ2v) is 14.9. The predicted octanol–water partition coefficient (Wildman–Crippen LogP) is 2.45. The summed E-state index contributed by atoms with van der Waals surface area (Å²) in [5.41, 5.74) is -1.35. The van der Waals surface area contributed by atoms with Gasteiger partial charge in [0, 0.05) is 30.1 Å². The van der Waals surface area contributed by atoms with Crippen molar-refractivity contribution in [3.63, 3.8) is 0 Å². The number of carbonyl (C=O) groups excluding carboxylic acids is 3. The molecule has 0 amide bonds. The molecule has 47 heavy (non-hydrogen) atoms. The molecule has 1 aliphatic heterocycles. The highest BCUT2D eigenvalue weighted by molar-refractivity contribution is 6.39. The number of hydroxylamine groups is 1. The molecule has 11 atom stereocenters. The number of rotatable bonds is 9. The van der Waals surface area contributed by atoms with E-state index in [0.29, 0.717) is 24.2 Å². The number of hydrogen-bond acceptors (Lipinski definition) is 11. The number of hydrogen-bond donors (Lipinski definition) is 5. The van der Waals surface area contributed by atoms with Crippen LogP contribution >= 0.6 is 0 Å². The van der Waals surface area contributed by atoms with E-state index in [9.17, 15) is 34.9 Å². The van der Waals surface area contributed by atoms with Crippen LogP contribution < -0.4 is 5.48 Å². The first-order valence-corrected chi connectivity index (χ1v) is 16.6. The van der Waals surface area contributed by atoms with Crippen molar-refractivity contribution in [3.05, 3.63) is 47.0 Å². The number of carbonyl (C=O) groups is 3. The standard InChI is InChI=1S/C35H49BNO10/c1-8-24(38)47-23-14-22-33(6,16-45-22)29-19(3)35(43)15-21(18(2)25(32(35,4)5)27(39)30(41)34(23,29)7)46-31(42)28(40)26(36-17-37-44)20-12-10-9-11-13-20/h9-13,19,21-23,26-29,37,39-40,43-44H,8,14-17H2,1-7H3/t19-,21-,22+,23-,26-,27+,28+,29+,33+,34+,35+/m0/s1. The van der Waals surface area contributed by atoms with Crippen LogP contribution in [-0.2, 0) is 28.6 Å². The van der Waals surface area contributed by atoms with E-state index in [1.165, 1.54) is 0 Å². The normalized spacial score (nSPS) is 38.8. The third-order valence-corrected chi connectivity index (χ3v) is 12.3. The van der Waals surface area contributed by atoms with Gasteiger partial charge in [-0.2, -0.15) is 0 Å². The quantitative estimate of drug-likeness (QED) is 0.115. The Kier molecular flexibility index (Phi) is 9.64. The van der Waals surface area contributed by atoms with Crippen LogP contribution in [0.4, 0.5) is 0 Å². The van der Waals surface area contributed by atoms with E-state index in [0.717, 1.165) is 0 Å². The van der Waals surface area contributed by atoms with Gasteiger partial charge in [-0.25, -0.2) is 10.3 Å². The van der Waals surface area contributed by atoms with E-state index >= 15 is 0 Å². The molecule has 0 spiro atoms. The van der Waals surface area contributed by atoms with Gasteiger partial charge in [-0.1, -0.05) is 65.0 Å². The molecule has 5 rings (SSSR count). The molecule has 11 nitrogen and oxygen atoms in total. The molecule has 0 aromatic heterocycles. The molecule has 1 aromatic rings. The van der Waals surface area contributed by atoms with Crippen molar-refractivity contribution in [2.24, 2.45) is 28.1 Å². The lowest BCUT2D eigenvalue weighted by Gasteiger charge is -2.68. The predicted molar refractivity (Wildman–Crippen MR) is 171 cm³/mol. The number of Topliss-reactive ketones (excluding diaryl/α,β-unsaturated/α-hetero) is 1. The average Bonchev–Trinajstić information content (AvgIpc) is 3.03. The molecule has 257 valence electrons. The van der Waals surface area contributed by atoms with Crippen LogP contribution in [0.15, 0.2) is 41.5 Å². The monoisotopic (exact) mass is 654 g/mol. The Bertz CT molecular complexity index is 1420. The molecular weight excluding hydrogens is 605 g/mol. The topological polar surface area (TPSA) is 172 Å². The molecule has 3 aliphatic carbocycles. The van der Waals surface area contributed by atoms with Gasteiger partial charge in [0.1, 0.15) is 25.6 Å². The second-order valence-electron chi connectivity index (χ2n) is 14.9. The SMILES string of the molecule is CCC(=O)O[C@H]1C[C@H]2OC[C@@]2(C)[C@H]2[C@H](C)[C@]3(O)C[C@H](OC(=O)[C@H](O)[C@@H]([B]CNO)c4ccccc4)C(C)=C([C@@H](O)C(=O)[C@]12C)C3(C)C. The number of benzene rings is 1. The summed E-state index contributed by atoms with van der Waals surface area (Å²) < 4.78 is 17.9. The largest absolute Gasteiger partial charge is 0.461 e. The van der Waals surface area contributed by atoms with Crippen LogP contribution in [-0.4, -0.2) is 94.7 Å². The summed E-state index contributed by atoms with van der Waals surface area (Å²) in [5.74, 6) is -3.94. The third-order valence-electron chi connectivity index (χ3n) is 12.3. The molecule has 3 fully saturated rings. The van der Waals surface area contributed by atoms with Gasteiger partial charge in [0.15, 0.2) is 11.9 Å². The Morgan fingerprint density at radius 2 is 1.81 bits per heavy atom. The van der Waals surface area contributed by atoms with Gasteiger partial charge >= 0.3 is 11.9 Å². The number of aliphatic hydroxyl groups excluding tert-OH is 2. The van der Waals surface area contributed by atoms with Gasteiger partial charge in [0.2, 0.25) is 0 Å². The van der Waals surface area contributed by atoms with Crippen LogP contribution in [0.3, 0.4) is 0 Å². The van der Waals surface area contributed by atoms with E-state index in [1.807, 2.05) is 19.3 Å². The van der Waals surface area contributed by atoms with Gasteiger partial charge in [0.25, 0.3) is 0 Å². The molecule has 2 saturated carbocycles. The van der Waals surface area contributed by atoms with Gasteiger partial charge in [-0.15, -0.1) is 0 Å². The highest BCUT2D eigenvalue weighted by Crippen LogP contribution is 2.67. The molecule has 2 bridgehead atoms. The summed E-state index contributed by atoms with van der Waals surface area (Å²) in [4.78, 5) is 41.0. The molecule has 1 radical (unpaired) electrons. The van der Waals surface area contributed by atoms with Crippen LogP contribution in [0.25, 0.3) is 0 Å². The molecule has 5 N–H and O–H groups in total. The van der Waals surface area contributed by atoms with Crippen LogP contribution in [0, 0.1) is 28.1 Å². The minimum Gasteiger partial charge on any atom is -0.461 e. The number of ketones is 1. The lowest BCUT2D eigenvalue weighted by atomic mass is 9.40. The lowest BCUT2D eigenvalue weighted by molar-refractivity contribution is -0.303. The molecule has 1 heterocycles. The molecular formula is C35H49BNO10. The zero-order valence-electron chi connectivity index (χ0n) is 28.4. The van der Waals surface area contributed by atoms with E-state index in [-0.39, 0.29) is 31.0 Å². The van der Waals surface area contributed by atoms with E-state index < -0.39 is 81.6 Å². The molecule has 0 unspecified atom stereocenters. The zero-order chi connectivity index (χ0) is 34.7. The first-order valence-electron chi connectivity index (χ1n) is 16.6. The fourth-order valence-electron chi connectivity index (χ4n) is 9.62. The van der Waals surface area contributed by atoms with Crippen molar-refractivity contribution in [2.75, 3.05) is 13.1 Å². The summed E-state index contributed by atoms with van der Waals surface area (Å²) in [7, 11) is 1.56. The maximum atomic E-state index is 14.7. The Balaban J connectivity index is 1.58. The molecule has 1 aromatic carbocycles. The zero-order valence-corrected chi connectivity index (χ0v) is 28.4. The fraction of sp³-hybridized carbons (Fsp3) is 0.686. The van der Waals surface area contributed by atoms with Crippen LogP contribution in [0.5, 0.6) is 0 Å². The van der Waals surface area contributed by atoms with E-state index in [4.69, 9.17) is 14.2 Å². The van der Waals surface area contributed by atoms with Gasteiger partial charge in [0.05, 0.1) is 23.7 Å². The minimum absolute atomic E-state index is 0.00559. The number of nitrogens with one attached hydrogen (secondary N) is 1. The second kappa shape index (κ2) is 12.7. The Morgan fingerprint density at radius 3 is 2.38 bits per heavy atom. The van der Waals surface area contributed by atoms with Gasteiger partial charge in [-0.05, 0) is 54.7 Å². The highest BCUT2D eigenvalue weighted by atomic mass is 16.6. The van der Waals surface area contributed by atoms with Crippen LogP contribution in [0.2, 0.25) is 0 Å². The highest BCUT2D eigenvalue weighted by Gasteiger charge is 2.73. The number of fused-ring (bicyclic) bond motifs is 5. The van der Waals surface area contributed by atoms with Crippen molar-refractivity contribution >= 4 is 25.0 Å². The third kappa shape index (κ3) is 5.40. The number of esters is 2. The number of aliphatic hydroxyl groups is 3. The fourth-order valence-corrected chi connectivity index (χ4v) is 9.62. The average molecular weight is 655 g/mol.